The Morgan fingerprint density at radius 1 is 1.18 bits per heavy atom. The first-order valence-corrected chi connectivity index (χ1v) is 8.05. The first kappa shape index (κ1) is 17.2. The molecule has 0 saturated heterocycles. The van der Waals surface area contributed by atoms with E-state index in [-0.39, 0.29) is 6.61 Å². The van der Waals surface area contributed by atoms with Crippen LogP contribution in [0.3, 0.4) is 0 Å². The van der Waals surface area contributed by atoms with Gasteiger partial charge in [0.1, 0.15) is 18.5 Å². The minimum absolute atomic E-state index is 0.228. The van der Waals surface area contributed by atoms with Crippen LogP contribution in [0.25, 0.3) is 0 Å². The van der Waals surface area contributed by atoms with Crippen LogP contribution >= 0.6 is 0 Å². The smallest absolute Gasteiger partial charge is 0.123 e. The largest absolute Gasteiger partial charge is 0.491 e. The van der Waals surface area contributed by atoms with Crippen molar-refractivity contribution >= 4 is 0 Å². The lowest BCUT2D eigenvalue weighted by molar-refractivity contribution is 0.0130. The maximum Gasteiger partial charge on any atom is 0.123 e. The van der Waals surface area contributed by atoms with Gasteiger partial charge in [0.2, 0.25) is 0 Å². The van der Waals surface area contributed by atoms with Gasteiger partial charge < -0.3 is 25.0 Å². The molecule has 3 N–H and O–H groups in total. The van der Waals surface area contributed by atoms with Gasteiger partial charge in [-0.05, 0) is 24.7 Å². The average molecular weight is 309 g/mol. The Balaban J connectivity index is 1.98. The molecule has 0 amide bonds. The molecule has 2 rings (SSSR count). The lowest BCUT2D eigenvalue weighted by Gasteiger charge is -2.28. The highest BCUT2D eigenvalue weighted by atomic mass is 16.5. The molecule has 5 heteroatoms. The topological polar surface area (TPSA) is 73.2 Å². The van der Waals surface area contributed by atoms with Gasteiger partial charge >= 0.3 is 0 Å². The van der Waals surface area contributed by atoms with Crippen LogP contribution < -0.4 is 4.74 Å². The number of aliphatic hydroxyl groups excluding tert-OH is 3. The van der Waals surface area contributed by atoms with Gasteiger partial charge in [0, 0.05) is 24.9 Å². The van der Waals surface area contributed by atoms with E-state index in [4.69, 9.17) is 4.74 Å². The molecule has 0 saturated carbocycles. The lowest BCUT2D eigenvalue weighted by Crippen LogP contribution is -2.36. The summed E-state index contributed by atoms with van der Waals surface area (Å²) < 4.78 is 5.77. The molecule has 0 fully saturated rings. The van der Waals surface area contributed by atoms with E-state index in [2.05, 4.69) is 18.7 Å². The normalized spacial score (nSPS) is 22.5. The maximum absolute atomic E-state index is 10.1. The summed E-state index contributed by atoms with van der Waals surface area (Å²) in [4.78, 5) is 2.15. The summed E-state index contributed by atoms with van der Waals surface area (Å²) in [6, 6.07) is 5.69. The lowest BCUT2D eigenvalue weighted by atomic mass is 9.87. The van der Waals surface area contributed by atoms with Crippen LogP contribution in [0.15, 0.2) is 18.2 Å². The molecule has 1 aromatic rings. The van der Waals surface area contributed by atoms with Gasteiger partial charge in [-0.1, -0.05) is 26.0 Å². The van der Waals surface area contributed by atoms with Crippen LogP contribution in [0.4, 0.5) is 0 Å². The Morgan fingerprint density at radius 2 is 1.86 bits per heavy atom. The minimum atomic E-state index is -0.752. The second-order valence-electron chi connectivity index (χ2n) is 5.89. The Labute approximate surface area is 132 Å². The highest BCUT2D eigenvalue weighted by molar-refractivity contribution is 5.43. The predicted molar refractivity (Wildman–Crippen MR) is 85.2 cm³/mol. The van der Waals surface area contributed by atoms with Crippen molar-refractivity contribution in [1.29, 1.82) is 0 Å². The number of benzene rings is 1. The van der Waals surface area contributed by atoms with Gasteiger partial charge in [0.05, 0.1) is 12.2 Å². The van der Waals surface area contributed by atoms with Gasteiger partial charge in [0.15, 0.2) is 0 Å². The van der Waals surface area contributed by atoms with E-state index >= 15 is 0 Å². The Morgan fingerprint density at radius 3 is 2.55 bits per heavy atom. The van der Waals surface area contributed by atoms with Gasteiger partial charge in [-0.2, -0.15) is 0 Å². The number of rotatable bonds is 7. The fourth-order valence-electron chi connectivity index (χ4n) is 2.89. The number of likely N-dealkylation sites (N-methyl/N-ethyl adjacent to an activating group) is 1. The molecular formula is C17H27NO4. The zero-order valence-corrected chi connectivity index (χ0v) is 13.4. The second-order valence-corrected chi connectivity index (χ2v) is 5.89. The van der Waals surface area contributed by atoms with Gasteiger partial charge in [-0.15, -0.1) is 0 Å². The first-order valence-electron chi connectivity index (χ1n) is 8.05. The molecule has 0 aromatic heterocycles. The van der Waals surface area contributed by atoms with E-state index < -0.39 is 18.3 Å². The molecule has 0 radical (unpaired) electrons. The van der Waals surface area contributed by atoms with E-state index in [0.717, 1.165) is 24.2 Å². The summed E-state index contributed by atoms with van der Waals surface area (Å²) in [5.74, 6) is 0.696. The molecule has 1 aliphatic carbocycles. The SMILES string of the molecule is CCN(CC)C[C@H](O)COc1cccc2c1C[C@H](O)[C@@H](O)C2. The summed E-state index contributed by atoms with van der Waals surface area (Å²) >= 11 is 0. The van der Waals surface area contributed by atoms with Crippen molar-refractivity contribution in [3.63, 3.8) is 0 Å². The van der Waals surface area contributed by atoms with Gasteiger partial charge in [-0.25, -0.2) is 0 Å². The molecule has 5 nitrogen and oxygen atoms in total. The third kappa shape index (κ3) is 4.20. The standard InChI is InChI=1S/C17H27NO4/c1-3-18(4-2)10-13(19)11-22-17-7-5-6-12-8-15(20)16(21)9-14(12)17/h5-7,13,15-16,19-21H,3-4,8-11H2,1-2H3/t13-,15-,16-/m0/s1. The van der Waals surface area contributed by atoms with Crippen LogP contribution in [-0.4, -0.2) is 64.8 Å². The average Bonchev–Trinajstić information content (AvgIpc) is 2.51. The number of aliphatic hydroxyl groups is 3. The van der Waals surface area contributed by atoms with Crippen molar-refractivity contribution in [3.8, 4) is 5.75 Å². The Hall–Kier alpha value is -1.14. The monoisotopic (exact) mass is 309 g/mol. The van der Waals surface area contributed by atoms with Gasteiger partial charge in [0.25, 0.3) is 0 Å². The molecule has 1 aromatic carbocycles. The van der Waals surface area contributed by atoms with E-state index in [9.17, 15) is 15.3 Å². The number of hydrogen-bond donors (Lipinski definition) is 3. The molecule has 0 aliphatic heterocycles. The van der Waals surface area contributed by atoms with Crippen molar-refractivity contribution < 1.29 is 20.1 Å². The highest BCUT2D eigenvalue weighted by Crippen LogP contribution is 2.30. The zero-order valence-electron chi connectivity index (χ0n) is 13.4. The summed E-state index contributed by atoms with van der Waals surface area (Å²) in [5.41, 5.74) is 1.95. The number of ether oxygens (including phenoxy) is 1. The predicted octanol–water partition coefficient (Wildman–Crippen LogP) is 0.588. The first-order chi connectivity index (χ1) is 10.5. The van der Waals surface area contributed by atoms with E-state index in [1.165, 1.54) is 0 Å². The van der Waals surface area contributed by atoms with E-state index in [0.29, 0.717) is 25.1 Å². The molecule has 0 unspecified atom stereocenters. The summed E-state index contributed by atoms with van der Waals surface area (Å²) in [7, 11) is 0. The summed E-state index contributed by atoms with van der Waals surface area (Å²) in [5, 5.41) is 29.7. The molecular weight excluding hydrogens is 282 g/mol. The Kier molecular flexibility index (Phi) is 6.20. The van der Waals surface area contributed by atoms with Crippen molar-refractivity contribution in [3.05, 3.63) is 29.3 Å². The summed E-state index contributed by atoms with van der Waals surface area (Å²) in [6.45, 7) is 6.75. The molecule has 3 atom stereocenters. The van der Waals surface area contributed by atoms with E-state index in [1.807, 2.05) is 18.2 Å². The van der Waals surface area contributed by atoms with Gasteiger partial charge in [-0.3, -0.25) is 0 Å². The molecule has 0 heterocycles. The number of nitrogens with zero attached hydrogens (tertiary/aromatic N) is 1. The molecule has 0 bridgehead atoms. The number of fused-ring (bicyclic) bond motifs is 1. The van der Waals surface area contributed by atoms with Crippen LogP contribution in [0.1, 0.15) is 25.0 Å². The molecule has 22 heavy (non-hydrogen) atoms. The molecule has 0 spiro atoms. The maximum atomic E-state index is 10.1. The van der Waals surface area contributed by atoms with Crippen molar-refractivity contribution in [2.75, 3.05) is 26.2 Å². The highest BCUT2D eigenvalue weighted by Gasteiger charge is 2.27. The quantitative estimate of drug-likeness (QED) is 0.687. The van der Waals surface area contributed by atoms with Crippen molar-refractivity contribution in [2.24, 2.45) is 0 Å². The molecule has 124 valence electrons. The van der Waals surface area contributed by atoms with Crippen LogP contribution in [0, 0.1) is 0 Å². The van der Waals surface area contributed by atoms with Crippen LogP contribution in [0.5, 0.6) is 5.75 Å². The fourth-order valence-corrected chi connectivity index (χ4v) is 2.89. The zero-order chi connectivity index (χ0) is 16.1. The fraction of sp³-hybridized carbons (Fsp3) is 0.647. The molecule has 1 aliphatic rings. The van der Waals surface area contributed by atoms with Crippen molar-refractivity contribution in [1.82, 2.24) is 4.90 Å². The van der Waals surface area contributed by atoms with Crippen molar-refractivity contribution in [2.45, 2.75) is 45.0 Å². The number of hydrogen-bond acceptors (Lipinski definition) is 5. The third-order valence-electron chi connectivity index (χ3n) is 4.31. The Bertz CT molecular complexity index is 476. The third-order valence-corrected chi connectivity index (χ3v) is 4.31. The minimum Gasteiger partial charge on any atom is -0.491 e. The van der Waals surface area contributed by atoms with E-state index in [1.54, 1.807) is 0 Å². The second kappa shape index (κ2) is 7.92. The summed E-state index contributed by atoms with van der Waals surface area (Å²) in [6.07, 6.45) is -1.18. The van der Waals surface area contributed by atoms with Crippen LogP contribution in [-0.2, 0) is 12.8 Å². The van der Waals surface area contributed by atoms with Crippen LogP contribution in [0.2, 0.25) is 0 Å².